The number of aliphatic hydroxyl groups is 1. The minimum Gasteiger partial charge on any atom is -0.394 e. The summed E-state index contributed by atoms with van der Waals surface area (Å²) in [7, 11) is 0. The van der Waals surface area contributed by atoms with Gasteiger partial charge < -0.3 is 24.9 Å². The van der Waals surface area contributed by atoms with E-state index in [0.717, 1.165) is 12.8 Å². The second kappa shape index (κ2) is 10.7. The molecule has 1 saturated heterocycles. The zero-order chi connectivity index (χ0) is 23.4. The Labute approximate surface area is 197 Å². The van der Waals surface area contributed by atoms with Gasteiger partial charge in [0.05, 0.1) is 42.9 Å². The molecule has 3 aromatic rings. The van der Waals surface area contributed by atoms with Gasteiger partial charge in [0.1, 0.15) is 10.6 Å². The average Bonchev–Trinajstić information content (AvgIpc) is 3.23. The molecule has 1 aliphatic heterocycles. The highest BCUT2D eigenvalue weighted by Crippen LogP contribution is 2.23. The fourth-order valence-electron chi connectivity index (χ4n) is 3.61. The highest BCUT2D eigenvalue weighted by atomic mass is 35.5. The maximum Gasteiger partial charge on any atom is 0.287 e. The largest absolute Gasteiger partial charge is 0.394 e. The molecular weight excluding hydrogens is 473 g/mol. The monoisotopic (exact) mass is 495 g/mol. The fraction of sp³-hybridized carbons (Fsp3) is 0.409. The number of hydrogen-bond acceptors (Lipinski definition) is 7. The zero-order valence-corrected chi connectivity index (χ0v) is 19.2. The molecule has 1 aliphatic rings. The van der Waals surface area contributed by atoms with Crippen molar-refractivity contribution in [2.45, 2.75) is 32.1 Å². The van der Waals surface area contributed by atoms with Crippen LogP contribution in [0.15, 0.2) is 28.4 Å². The number of fused-ring (bicyclic) bond motifs is 1. The van der Waals surface area contributed by atoms with Crippen LogP contribution in [-0.2, 0) is 22.6 Å². The Morgan fingerprint density at radius 1 is 1.42 bits per heavy atom. The number of nitrogens with zero attached hydrogens (tertiary/aromatic N) is 1. The molecule has 4 rings (SSSR count). The molecule has 1 aromatic carbocycles. The number of amides is 1. The van der Waals surface area contributed by atoms with Gasteiger partial charge in [-0.2, -0.15) is 0 Å². The molecule has 1 amide bonds. The smallest absolute Gasteiger partial charge is 0.287 e. The molecule has 0 radical (unpaired) electrons. The maximum absolute atomic E-state index is 13.3. The summed E-state index contributed by atoms with van der Waals surface area (Å²) in [6, 6.07) is 4.15. The molecule has 2 atom stereocenters. The summed E-state index contributed by atoms with van der Waals surface area (Å²) in [5, 5.41) is 13.9. The molecule has 3 heterocycles. The van der Waals surface area contributed by atoms with Gasteiger partial charge in [0.25, 0.3) is 11.5 Å². The Morgan fingerprint density at radius 2 is 2.27 bits per heavy atom. The summed E-state index contributed by atoms with van der Waals surface area (Å²) < 4.78 is 24.6. The lowest BCUT2D eigenvalue weighted by Crippen LogP contribution is -2.30. The van der Waals surface area contributed by atoms with Crippen LogP contribution in [0.1, 0.15) is 34.6 Å². The van der Waals surface area contributed by atoms with Crippen LogP contribution in [0.3, 0.4) is 0 Å². The molecule has 0 aliphatic carbocycles. The van der Waals surface area contributed by atoms with E-state index in [4.69, 9.17) is 26.2 Å². The number of rotatable bonds is 8. The minimum atomic E-state index is -0.556. The van der Waals surface area contributed by atoms with E-state index < -0.39 is 17.3 Å². The van der Waals surface area contributed by atoms with E-state index in [1.165, 1.54) is 29.5 Å². The first kappa shape index (κ1) is 23.8. The lowest BCUT2D eigenvalue weighted by atomic mass is 9.99. The molecule has 0 saturated carbocycles. The van der Waals surface area contributed by atoms with Gasteiger partial charge in [-0.05, 0) is 35.9 Å². The number of aromatic amines is 1. The van der Waals surface area contributed by atoms with E-state index >= 15 is 0 Å². The molecule has 3 N–H and O–H groups in total. The third kappa shape index (κ3) is 5.77. The summed E-state index contributed by atoms with van der Waals surface area (Å²) in [6.45, 7) is 1.43. The van der Waals surface area contributed by atoms with Crippen molar-refractivity contribution >= 4 is 39.1 Å². The Kier molecular flexibility index (Phi) is 7.71. The number of thiophene rings is 1. The third-order valence-corrected chi connectivity index (χ3v) is 6.66. The number of halogens is 2. The molecule has 176 valence electrons. The first-order valence-corrected chi connectivity index (χ1v) is 11.7. The van der Waals surface area contributed by atoms with Gasteiger partial charge >= 0.3 is 0 Å². The molecule has 0 spiro atoms. The first-order chi connectivity index (χ1) is 15.9. The average molecular weight is 496 g/mol. The van der Waals surface area contributed by atoms with E-state index in [9.17, 15) is 14.0 Å². The van der Waals surface area contributed by atoms with Crippen LogP contribution in [-0.4, -0.2) is 46.9 Å². The Morgan fingerprint density at radius 3 is 3.00 bits per heavy atom. The molecule has 33 heavy (non-hydrogen) atoms. The number of carbonyl (C=O) groups is 1. The van der Waals surface area contributed by atoms with Crippen molar-refractivity contribution in [3.8, 4) is 0 Å². The molecule has 2 aromatic heterocycles. The number of benzene rings is 1. The molecule has 1 fully saturated rings. The van der Waals surface area contributed by atoms with Crippen molar-refractivity contribution in [1.29, 1.82) is 0 Å². The van der Waals surface area contributed by atoms with Crippen LogP contribution in [0.4, 0.5) is 4.39 Å². The van der Waals surface area contributed by atoms with Crippen molar-refractivity contribution in [1.82, 2.24) is 15.3 Å². The Balaban J connectivity index is 1.36. The lowest BCUT2D eigenvalue weighted by molar-refractivity contribution is -0.0632. The standard InChI is InChI=1S/C22H23ClFN3O5S/c23-16-5-12(2-4-17(16)24)6-25-21(30)19-26-20(29)18-14(11-33-22(18)27-19)10-31-8-13-1-3-15(7-28)32-9-13/h2,4-5,11,13,15,28H,1,3,6-10H2,(H,25,30)(H,26,27,29). The summed E-state index contributed by atoms with van der Waals surface area (Å²) in [5.41, 5.74) is 0.909. The van der Waals surface area contributed by atoms with Gasteiger partial charge in [-0.3, -0.25) is 9.59 Å². The third-order valence-electron chi connectivity index (χ3n) is 5.45. The molecular formula is C22H23ClFN3O5S. The van der Waals surface area contributed by atoms with E-state index in [-0.39, 0.29) is 42.6 Å². The topological polar surface area (TPSA) is 114 Å². The maximum atomic E-state index is 13.3. The van der Waals surface area contributed by atoms with Crippen LogP contribution in [0, 0.1) is 11.7 Å². The van der Waals surface area contributed by atoms with Crippen LogP contribution in [0.5, 0.6) is 0 Å². The molecule has 2 unspecified atom stereocenters. The quantitative estimate of drug-likeness (QED) is 0.442. The van der Waals surface area contributed by atoms with Crippen molar-refractivity contribution in [3.63, 3.8) is 0 Å². The first-order valence-electron chi connectivity index (χ1n) is 10.5. The second-order valence-electron chi connectivity index (χ2n) is 7.88. The Hall–Kier alpha value is -2.37. The van der Waals surface area contributed by atoms with Crippen molar-refractivity contribution < 1.29 is 23.8 Å². The SMILES string of the molecule is O=C(NCc1ccc(F)c(Cl)c1)c1nc2scc(COCC3CCC(CO)OC3)c2c(=O)[nH]1. The van der Waals surface area contributed by atoms with Gasteiger partial charge in [0.15, 0.2) is 0 Å². The van der Waals surface area contributed by atoms with Gasteiger partial charge in [-0.1, -0.05) is 17.7 Å². The predicted molar refractivity (Wildman–Crippen MR) is 122 cm³/mol. The highest BCUT2D eigenvalue weighted by Gasteiger charge is 2.22. The zero-order valence-electron chi connectivity index (χ0n) is 17.6. The summed E-state index contributed by atoms with van der Waals surface area (Å²) in [4.78, 5) is 32.4. The molecule has 0 bridgehead atoms. The number of hydrogen-bond donors (Lipinski definition) is 3. The van der Waals surface area contributed by atoms with Gasteiger partial charge in [0, 0.05) is 18.0 Å². The number of nitrogens with one attached hydrogen (secondary N) is 2. The van der Waals surface area contributed by atoms with Crippen LogP contribution in [0.2, 0.25) is 5.02 Å². The molecule has 8 nitrogen and oxygen atoms in total. The van der Waals surface area contributed by atoms with Crippen molar-refractivity contribution in [2.24, 2.45) is 5.92 Å². The van der Waals surface area contributed by atoms with Crippen molar-refractivity contribution in [3.05, 3.63) is 61.7 Å². The van der Waals surface area contributed by atoms with Gasteiger partial charge in [-0.15, -0.1) is 11.3 Å². The van der Waals surface area contributed by atoms with E-state index in [1.807, 2.05) is 0 Å². The fourth-order valence-corrected chi connectivity index (χ4v) is 4.74. The summed E-state index contributed by atoms with van der Waals surface area (Å²) in [5.74, 6) is -0.949. The number of ether oxygens (including phenoxy) is 2. The van der Waals surface area contributed by atoms with Crippen LogP contribution < -0.4 is 10.9 Å². The van der Waals surface area contributed by atoms with Gasteiger partial charge in [-0.25, -0.2) is 9.37 Å². The summed E-state index contributed by atoms with van der Waals surface area (Å²) in [6.07, 6.45) is 1.63. The number of H-pyrrole nitrogens is 1. The second-order valence-corrected chi connectivity index (χ2v) is 9.15. The normalized spacial score (nSPS) is 18.5. The minimum absolute atomic E-state index is 0.0326. The van der Waals surface area contributed by atoms with E-state index in [2.05, 4.69) is 15.3 Å². The predicted octanol–water partition coefficient (Wildman–Crippen LogP) is 3.01. The molecule has 11 heteroatoms. The number of aromatic nitrogens is 2. The number of carbonyl (C=O) groups excluding carboxylic acids is 1. The summed E-state index contributed by atoms with van der Waals surface area (Å²) >= 11 is 7.02. The van der Waals surface area contributed by atoms with E-state index in [0.29, 0.717) is 34.6 Å². The lowest BCUT2D eigenvalue weighted by Gasteiger charge is -2.27. The van der Waals surface area contributed by atoms with Gasteiger partial charge in [0.2, 0.25) is 5.82 Å². The highest BCUT2D eigenvalue weighted by molar-refractivity contribution is 7.16. The Bertz CT molecular complexity index is 1190. The van der Waals surface area contributed by atoms with Crippen LogP contribution >= 0.6 is 22.9 Å². The van der Waals surface area contributed by atoms with Crippen molar-refractivity contribution in [2.75, 3.05) is 19.8 Å². The van der Waals surface area contributed by atoms with Crippen LogP contribution in [0.25, 0.3) is 10.2 Å². The number of aliphatic hydroxyl groups excluding tert-OH is 1. The van der Waals surface area contributed by atoms with E-state index in [1.54, 1.807) is 5.38 Å².